The van der Waals surface area contributed by atoms with E-state index in [1.807, 2.05) is 73.6 Å². The topological polar surface area (TPSA) is 72.8 Å². The zero-order valence-electron chi connectivity index (χ0n) is 14.1. The van der Waals surface area contributed by atoms with Crippen LogP contribution in [-0.2, 0) is 4.79 Å². The number of fused-ring (bicyclic) bond motifs is 1. The van der Waals surface area contributed by atoms with Crippen LogP contribution in [0, 0.1) is 11.3 Å². The molecule has 5 heteroatoms. The van der Waals surface area contributed by atoms with Crippen LogP contribution in [0.5, 0.6) is 0 Å². The number of nitriles is 1. The smallest absolute Gasteiger partial charge is 0.180 e. The molecule has 3 aromatic rings. The fraction of sp³-hybridized carbons (Fsp3) is 0.150. The van der Waals surface area contributed by atoms with E-state index < -0.39 is 5.92 Å². The second-order valence-electron chi connectivity index (χ2n) is 5.92. The zero-order valence-corrected chi connectivity index (χ0v) is 14.1. The number of nitrogens with one attached hydrogen (secondary N) is 1. The maximum Gasteiger partial charge on any atom is 0.180 e. The molecule has 1 heterocycles. The summed E-state index contributed by atoms with van der Waals surface area (Å²) < 4.78 is 0. The van der Waals surface area contributed by atoms with Gasteiger partial charge in [-0.1, -0.05) is 30.3 Å². The predicted octanol–water partition coefficient (Wildman–Crippen LogP) is 3.52. The average Bonchev–Trinajstić information content (AvgIpc) is 3.04. The number of anilines is 1. The number of rotatable bonds is 5. The second kappa shape index (κ2) is 7.02. The van der Waals surface area contributed by atoms with Crippen LogP contribution in [0.3, 0.4) is 0 Å². The van der Waals surface area contributed by atoms with Crippen molar-refractivity contribution in [3.05, 3.63) is 66.0 Å². The molecule has 0 bridgehead atoms. The van der Waals surface area contributed by atoms with Crippen LogP contribution in [0.4, 0.5) is 5.69 Å². The molecule has 5 nitrogen and oxygen atoms in total. The monoisotopic (exact) mass is 330 g/mol. The Labute approximate surface area is 146 Å². The highest BCUT2D eigenvalue weighted by molar-refractivity contribution is 6.00. The molecule has 0 radical (unpaired) electrons. The van der Waals surface area contributed by atoms with Crippen molar-refractivity contribution in [2.75, 3.05) is 19.0 Å². The van der Waals surface area contributed by atoms with Gasteiger partial charge < -0.3 is 9.88 Å². The van der Waals surface area contributed by atoms with E-state index in [1.54, 1.807) is 6.08 Å². The largest absolute Gasteiger partial charge is 0.378 e. The number of aromatic amines is 1. The lowest BCUT2D eigenvalue weighted by atomic mass is 10.0. The molecule has 0 aliphatic carbocycles. The van der Waals surface area contributed by atoms with Gasteiger partial charge in [0.2, 0.25) is 0 Å². The van der Waals surface area contributed by atoms with Crippen molar-refractivity contribution in [3.8, 4) is 6.07 Å². The number of hydrogen-bond donors (Lipinski definition) is 1. The van der Waals surface area contributed by atoms with E-state index in [0.717, 1.165) is 22.3 Å². The van der Waals surface area contributed by atoms with Gasteiger partial charge >= 0.3 is 0 Å². The van der Waals surface area contributed by atoms with Crippen molar-refractivity contribution in [1.82, 2.24) is 9.97 Å². The Morgan fingerprint density at radius 1 is 1.20 bits per heavy atom. The van der Waals surface area contributed by atoms with Gasteiger partial charge in [0, 0.05) is 19.8 Å². The van der Waals surface area contributed by atoms with Crippen molar-refractivity contribution >= 4 is 28.6 Å². The molecular weight excluding hydrogens is 312 g/mol. The van der Waals surface area contributed by atoms with Gasteiger partial charge in [0.05, 0.1) is 17.1 Å². The van der Waals surface area contributed by atoms with Crippen LogP contribution >= 0.6 is 0 Å². The fourth-order valence-electron chi connectivity index (χ4n) is 2.53. The number of imidazole rings is 1. The Bertz CT molecular complexity index is 928. The van der Waals surface area contributed by atoms with Gasteiger partial charge in [0.25, 0.3) is 0 Å². The second-order valence-corrected chi connectivity index (χ2v) is 5.92. The average molecular weight is 330 g/mol. The highest BCUT2D eigenvalue weighted by atomic mass is 16.1. The van der Waals surface area contributed by atoms with Crippen LogP contribution in [0.2, 0.25) is 0 Å². The van der Waals surface area contributed by atoms with Crippen LogP contribution in [0.25, 0.3) is 17.1 Å². The maximum absolute atomic E-state index is 12.4. The fourth-order valence-corrected chi connectivity index (χ4v) is 2.53. The molecule has 1 unspecified atom stereocenters. The SMILES string of the molecule is CN(C)c1ccc(C=CC(=O)C(C#N)c2nc3ccccc3[nH]2)cc1. The predicted molar refractivity (Wildman–Crippen MR) is 99.3 cm³/mol. The van der Waals surface area contributed by atoms with Gasteiger partial charge in [-0.05, 0) is 35.9 Å². The van der Waals surface area contributed by atoms with Crippen LogP contribution in [0.1, 0.15) is 17.3 Å². The Morgan fingerprint density at radius 2 is 1.92 bits per heavy atom. The van der Waals surface area contributed by atoms with E-state index >= 15 is 0 Å². The normalized spacial score (nSPS) is 12.2. The van der Waals surface area contributed by atoms with E-state index in [9.17, 15) is 10.1 Å². The van der Waals surface area contributed by atoms with E-state index in [1.165, 1.54) is 6.08 Å². The molecule has 0 spiro atoms. The molecular formula is C20H18N4O. The summed E-state index contributed by atoms with van der Waals surface area (Å²) >= 11 is 0. The van der Waals surface area contributed by atoms with Crippen molar-refractivity contribution in [3.63, 3.8) is 0 Å². The summed E-state index contributed by atoms with van der Waals surface area (Å²) in [6.07, 6.45) is 3.15. The van der Waals surface area contributed by atoms with Crippen molar-refractivity contribution < 1.29 is 4.79 Å². The summed E-state index contributed by atoms with van der Waals surface area (Å²) in [6, 6.07) is 17.3. The number of para-hydroxylation sites is 2. The summed E-state index contributed by atoms with van der Waals surface area (Å²) in [4.78, 5) is 21.8. The highest BCUT2D eigenvalue weighted by Crippen LogP contribution is 2.19. The molecule has 0 aliphatic heterocycles. The van der Waals surface area contributed by atoms with E-state index in [2.05, 4.69) is 9.97 Å². The standard InChI is InChI=1S/C20H18N4O/c1-24(2)15-10-7-14(8-11-15)9-12-19(25)16(13-21)20-22-17-5-3-4-6-18(17)23-20/h3-12,16H,1-2H3,(H,22,23). The third kappa shape index (κ3) is 3.59. The molecule has 0 aliphatic rings. The first kappa shape index (κ1) is 16.5. The lowest BCUT2D eigenvalue weighted by molar-refractivity contribution is -0.114. The summed E-state index contributed by atoms with van der Waals surface area (Å²) in [5.74, 6) is -0.857. The quantitative estimate of drug-likeness (QED) is 0.727. The Morgan fingerprint density at radius 3 is 2.56 bits per heavy atom. The minimum atomic E-state index is -0.940. The minimum Gasteiger partial charge on any atom is -0.378 e. The number of allylic oxidation sites excluding steroid dienone is 1. The van der Waals surface area contributed by atoms with Gasteiger partial charge in [-0.3, -0.25) is 4.79 Å². The molecule has 1 N–H and O–H groups in total. The van der Waals surface area contributed by atoms with Crippen LogP contribution < -0.4 is 4.90 Å². The van der Waals surface area contributed by atoms with Gasteiger partial charge in [-0.25, -0.2) is 4.98 Å². The maximum atomic E-state index is 12.4. The van der Waals surface area contributed by atoms with Gasteiger partial charge in [-0.15, -0.1) is 0 Å². The van der Waals surface area contributed by atoms with E-state index in [0.29, 0.717) is 5.82 Å². The molecule has 0 saturated heterocycles. The molecule has 0 fully saturated rings. The van der Waals surface area contributed by atoms with Crippen LogP contribution in [0.15, 0.2) is 54.6 Å². The summed E-state index contributed by atoms with van der Waals surface area (Å²) in [5, 5.41) is 9.40. The van der Waals surface area contributed by atoms with Gasteiger partial charge in [0.15, 0.2) is 11.7 Å². The number of carbonyl (C=O) groups is 1. The van der Waals surface area contributed by atoms with Crippen LogP contribution in [-0.4, -0.2) is 29.8 Å². The molecule has 0 saturated carbocycles. The lowest BCUT2D eigenvalue weighted by Crippen LogP contribution is -2.09. The third-order valence-corrected chi connectivity index (χ3v) is 3.94. The first-order valence-electron chi connectivity index (χ1n) is 7.92. The molecule has 25 heavy (non-hydrogen) atoms. The highest BCUT2D eigenvalue weighted by Gasteiger charge is 2.21. The summed E-state index contributed by atoms with van der Waals surface area (Å²) in [5.41, 5.74) is 3.54. The van der Waals surface area contributed by atoms with Crippen molar-refractivity contribution in [2.45, 2.75) is 5.92 Å². The zero-order chi connectivity index (χ0) is 17.8. The molecule has 1 aromatic heterocycles. The molecule has 0 amide bonds. The van der Waals surface area contributed by atoms with Gasteiger partial charge in [0.1, 0.15) is 5.82 Å². The summed E-state index contributed by atoms with van der Waals surface area (Å²) in [7, 11) is 3.94. The Balaban J connectivity index is 1.79. The number of hydrogen-bond acceptors (Lipinski definition) is 4. The Hall–Kier alpha value is -3.39. The number of carbonyl (C=O) groups excluding carboxylic acids is 1. The molecule has 124 valence electrons. The number of ketones is 1. The Kier molecular flexibility index (Phi) is 4.62. The molecule has 1 atom stereocenters. The van der Waals surface area contributed by atoms with E-state index in [4.69, 9.17) is 0 Å². The number of aromatic nitrogens is 2. The number of nitrogens with zero attached hydrogens (tertiary/aromatic N) is 3. The minimum absolute atomic E-state index is 0.293. The first-order chi connectivity index (χ1) is 12.1. The third-order valence-electron chi connectivity index (χ3n) is 3.94. The summed E-state index contributed by atoms with van der Waals surface area (Å²) in [6.45, 7) is 0. The first-order valence-corrected chi connectivity index (χ1v) is 7.92. The van der Waals surface area contributed by atoms with Crippen molar-refractivity contribution in [2.24, 2.45) is 0 Å². The van der Waals surface area contributed by atoms with Gasteiger partial charge in [-0.2, -0.15) is 5.26 Å². The van der Waals surface area contributed by atoms with E-state index in [-0.39, 0.29) is 5.78 Å². The number of H-pyrrole nitrogens is 1. The van der Waals surface area contributed by atoms with Crippen molar-refractivity contribution in [1.29, 1.82) is 5.26 Å². The lowest BCUT2D eigenvalue weighted by Gasteiger charge is -2.11. The molecule has 2 aromatic carbocycles. The molecule has 3 rings (SSSR count). The number of benzene rings is 2.